The van der Waals surface area contributed by atoms with Crippen LogP contribution in [0.2, 0.25) is 0 Å². The van der Waals surface area contributed by atoms with Crippen molar-refractivity contribution in [2.75, 3.05) is 4.90 Å². The summed E-state index contributed by atoms with van der Waals surface area (Å²) >= 11 is 0. The van der Waals surface area contributed by atoms with Gasteiger partial charge in [-0.05, 0) is 119 Å². The maximum Gasteiger partial charge on any atom is 0.145 e. The molecule has 1 aromatic heterocycles. The number of hydrogen-bond donors (Lipinski definition) is 0. The molecular weight excluding hydrogens is 703 g/mol. The molecule has 12 rings (SSSR count). The van der Waals surface area contributed by atoms with Crippen LogP contribution in [0.25, 0.3) is 98.1 Å². The molecule has 0 aliphatic rings. The van der Waals surface area contributed by atoms with Crippen LogP contribution in [0.1, 0.15) is 0 Å². The van der Waals surface area contributed by atoms with Crippen LogP contribution in [-0.2, 0) is 0 Å². The third-order valence-electron chi connectivity index (χ3n) is 12.0. The molecule has 0 aliphatic heterocycles. The van der Waals surface area contributed by atoms with Crippen molar-refractivity contribution in [1.29, 1.82) is 0 Å². The van der Waals surface area contributed by atoms with Gasteiger partial charge in [-0.15, -0.1) is 0 Å². The molecule has 0 radical (unpaired) electrons. The summed E-state index contributed by atoms with van der Waals surface area (Å²) in [5.41, 5.74) is 9.57. The van der Waals surface area contributed by atoms with E-state index in [4.69, 9.17) is 4.42 Å². The second-order valence-electron chi connectivity index (χ2n) is 15.3. The molecule has 0 unspecified atom stereocenters. The smallest absolute Gasteiger partial charge is 0.145 e. The average molecular weight is 738 g/mol. The van der Waals surface area contributed by atoms with Gasteiger partial charge in [0.15, 0.2) is 0 Å². The number of benzene rings is 11. The molecule has 0 atom stereocenters. The van der Waals surface area contributed by atoms with E-state index in [0.29, 0.717) is 0 Å². The summed E-state index contributed by atoms with van der Waals surface area (Å²) in [5.74, 6) is 0. The fourth-order valence-electron chi connectivity index (χ4n) is 9.21. The molecule has 2 heteroatoms. The summed E-state index contributed by atoms with van der Waals surface area (Å²) in [7, 11) is 0. The average Bonchev–Trinajstić information content (AvgIpc) is 3.69. The first kappa shape index (κ1) is 32.6. The third kappa shape index (κ3) is 5.12. The Balaban J connectivity index is 1.09. The second kappa shape index (κ2) is 12.9. The van der Waals surface area contributed by atoms with Crippen molar-refractivity contribution >= 4 is 92.9 Å². The lowest BCUT2D eigenvalue weighted by molar-refractivity contribution is 0.670. The summed E-state index contributed by atoms with van der Waals surface area (Å²) in [6.07, 6.45) is 0. The van der Waals surface area contributed by atoms with Crippen molar-refractivity contribution in [3.05, 3.63) is 212 Å². The SMILES string of the molecule is c1ccc2c(-c3ccc(N(c4ccc(-c5ccc6ccc7ccccc7c6c5)cc4)c4ccc5ccc6ccccc6c5c4)c4c3oc3ccccc34)cccc2c1. The lowest BCUT2D eigenvalue weighted by Crippen LogP contribution is -2.10. The van der Waals surface area contributed by atoms with Crippen molar-refractivity contribution < 1.29 is 4.42 Å². The Morgan fingerprint density at radius 1 is 0.310 bits per heavy atom. The minimum atomic E-state index is 0.870. The summed E-state index contributed by atoms with van der Waals surface area (Å²) in [6, 6.07) is 77.1. The van der Waals surface area contributed by atoms with Crippen LogP contribution in [0, 0.1) is 0 Å². The first-order chi connectivity index (χ1) is 28.7. The lowest BCUT2D eigenvalue weighted by atomic mass is 9.95. The van der Waals surface area contributed by atoms with Crippen LogP contribution in [-0.4, -0.2) is 0 Å². The van der Waals surface area contributed by atoms with Gasteiger partial charge < -0.3 is 9.32 Å². The molecule has 0 fully saturated rings. The van der Waals surface area contributed by atoms with Crippen molar-refractivity contribution in [2.24, 2.45) is 0 Å². The van der Waals surface area contributed by atoms with Crippen LogP contribution < -0.4 is 4.90 Å². The maximum atomic E-state index is 6.89. The molecule has 2 nitrogen and oxygen atoms in total. The van der Waals surface area contributed by atoms with Crippen LogP contribution in [0.3, 0.4) is 0 Å². The first-order valence-electron chi connectivity index (χ1n) is 19.9. The van der Waals surface area contributed by atoms with Crippen LogP contribution in [0.5, 0.6) is 0 Å². The van der Waals surface area contributed by atoms with Crippen LogP contribution in [0.15, 0.2) is 217 Å². The zero-order valence-electron chi connectivity index (χ0n) is 31.6. The lowest BCUT2D eigenvalue weighted by Gasteiger charge is -2.27. The molecule has 0 N–H and O–H groups in total. The highest BCUT2D eigenvalue weighted by Gasteiger charge is 2.23. The molecule has 0 aliphatic carbocycles. The minimum Gasteiger partial charge on any atom is -0.455 e. The van der Waals surface area contributed by atoms with E-state index >= 15 is 0 Å². The summed E-state index contributed by atoms with van der Waals surface area (Å²) < 4.78 is 6.89. The number of rotatable bonds is 5. The number of hydrogen-bond acceptors (Lipinski definition) is 2. The number of furan rings is 1. The fourth-order valence-corrected chi connectivity index (χ4v) is 9.21. The molecule has 270 valence electrons. The van der Waals surface area contributed by atoms with Gasteiger partial charge in [0, 0.05) is 22.3 Å². The Hall–Kier alpha value is -7.68. The van der Waals surface area contributed by atoms with E-state index in [1.54, 1.807) is 0 Å². The standard InChI is InChI=1S/C56H35NO/c1-4-14-45-37(10-1)13-9-18-48(45)49-32-33-53(55-50-17-7-8-19-54(50)58-56(49)55)57(44-31-28-41-23-21-39-12-3-6-16-47(39)52(41)35-44)43-29-26-36(27-30-43)42-25-24-40-22-20-38-11-2-5-15-46(38)51(40)34-42/h1-35H. The van der Waals surface area contributed by atoms with E-state index in [9.17, 15) is 0 Å². The summed E-state index contributed by atoms with van der Waals surface area (Å²) in [5, 5.41) is 14.5. The highest BCUT2D eigenvalue weighted by Crippen LogP contribution is 2.48. The van der Waals surface area contributed by atoms with Gasteiger partial charge in [0.25, 0.3) is 0 Å². The molecule has 12 aromatic rings. The zero-order chi connectivity index (χ0) is 38.2. The van der Waals surface area contributed by atoms with Gasteiger partial charge >= 0.3 is 0 Å². The Morgan fingerprint density at radius 2 is 0.828 bits per heavy atom. The van der Waals surface area contributed by atoms with Gasteiger partial charge in [-0.2, -0.15) is 0 Å². The molecule has 11 aromatic carbocycles. The molecule has 0 spiro atoms. The quantitative estimate of drug-likeness (QED) is 0.164. The predicted octanol–water partition coefficient (Wildman–Crippen LogP) is 16.2. The largest absolute Gasteiger partial charge is 0.455 e. The first-order valence-corrected chi connectivity index (χ1v) is 19.9. The fraction of sp³-hybridized carbons (Fsp3) is 0. The van der Waals surface area contributed by atoms with Crippen LogP contribution >= 0.6 is 0 Å². The predicted molar refractivity (Wildman–Crippen MR) is 247 cm³/mol. The highest BCUT2D eigenvalue weighted by molar-refractivity contribution is 6.19. The van der Waals surface area contributed by atoms with Gasteiger partial charge in [0.2, 0.25) is 0 Å². The number of fused-ring (bicyclic) bond motifs is 10. The molecule has 0 saturated carbocycles. The van der Waals surface area contributed by atoms with Crippen molar-refractivity contribution in [3.63, 3.8) is 0 Å². The number of para-hydroxylation sites is 1. The summed E-state index contributed by atoms with van der Waals surface area (Å²) in [6.45, 7) is 0. The monoisotopic (exact) mass is 737 g/mol. The van der Waals surface area contributed by atoms with Crippen molar-refractivity contribution in [1.82, 2.24) is 0 Å². The van der Waals surface area contributed by atoms with E-state index in [2.05, 4.69) is 217 Å². The Kier molecular flexibility index (Phi) is 7.26. The molecule has 58 heavy (non-hydrogen) atoms. The van der Waals surface area contributed by atoms with Gasteiger partial charge in [-0.3, -0.25) is 0 Å². The van der Waals surface area contributed by atoms with Gasteiger partial charge in [-0.25, -0.2) is 0 Å². The van der Waals surface area contributed by atoms with Crippen LogP contribution in [0.4, 0.5) is 17.1 Å². The molecular formula is C56H35NO. The van der Waals surface area contributed by atoms with Gasteiger partial charge in [0.05, 0.1) is 11.1 Å². The van der Waals surface area contributed by atoms with Crippen molar-refractivity contribution in [3.8, 4) is 22.3 Å². The van der Waals surface area contributed by atoms with Crippen molar-refractivity contribution in [2.45, 2.75) is 0 Å². The molecule has 0 bridgehead atoms. The van der Waals surface area contributed by atoms with E-state index in [0.717, 1.165) is 50.1 Å². The minimum absolute atomic E-state index is 0.870. The zero-order valence-corrected chi connectivity index (χ0v) is 31.6. The van der Waals surface area contributed by atoms with E-state index in [1.165, 1.54) is 65.0 Å². The highest BCUT2D eigenvalue weighted by atomic mass is 16.3. The van der Waals surface area contributed by atoms with E-state index in [1.807, 2.05) is 0 Å². The van der Waals surface area contributed by atoms with E-state index in [-0.39, 0.29) is 0 Å². The topological polar surface area (TPSA) is 16.4 Å². The molecule has 0 saturated heterocycles. The molecule has 0 amide bonds. The van der Waals surface area contributed by atoms with E-state index < -0.39 is 0 Å². The maximum absolute atomic E-state index is 6.89. The third-order valence-corrected chi connectivity index (χ3v) is 12.0. The normalized spacial score (nSPS) is 11.8. The number of anilines is 3. The molecule has 1 heterocycles. The second-order valence-corrected chi connectivity index (χ2v) is 15.3. The Morgan fingerprint density at radius 3 is 1.55 bits per heavy atom. The summed E-state index contributed by atoms with van der Waals surface area (Å²) in [4.78, 5) is 2.41. The van der Waals surface area contributed by atoms with Gasteiger partial charge in [0.1, 0.15) is 11.2 Å². The van der Waals surface area contributed by atoms with Gasteiger partial charge in [-0.1, -0.05) is 164 Å². The Labute approximate surface area is 335 Å². The Bertz CT molecular complexity index is 3570. The number of nitrogens with zero attached hydrogens (tertiary/aromatic N) is 1.